The summed E-state index contributed by atoms with van der Waals surface area (Å²) in [6, 6.07) is 6.72. The average molecular weight is 855 g/mol. The minimum atomic E-state index is -1.72. The zero-order valence-electron chi connectivity index (χ0n) is 36.1. The molecule has 0 amide bonds. The summed E-state index contributed by atoms with van der Waals surface area (Å²) in [7, 11) is 0. The van der Waals surface area contributed by atoms with E-state index in [9.17, 15) is 40.2 Å². The lowest BCUT2D eigenvalue weighted by atomic mass is 9.46. The topological polar surface area (TPSA) is 211 Å². The molecule has 21 atom stereocenters. The summed E-state index contributed by atoms with van der Waals surface area (Å²) < 4.78 is 36.6. The predicted molar refractivity (Wildman–Crippen MR) is 218 cm³/mol. The molecule has 14 heteroatoms. The van der Waals surface area contributed by atoms with E-state index in [0.717, 1.165) is 43.2 Å². The molecule has 6 fully saturated rings. The van der Waals surface area contributed by atoms with Crippen LogP contribution in [0.3, 0.4) is 0 Å². The monoisotopic (exact) mass is 854 g/mol. The third-order valence-corrected chi connectivity index (χ3v) is 16.1. The first kappa shape index (κ1) is 45.0. The zero-order valence-corrected chi connectivity index (χ0v) is 36.1. The van der Waals surface area contributed by atoms with E-state index in [0.29, 0.717) is 18.8 Å². The molecule has 14 nitrogen and oxygen atoms in total. The van der Waals surface area contributed by atoms with Crippen LogP contribution in [0.5, 0.6) is 0 Å². The van der Waals surface area contributed by atoms with Gasteiger partial charge in [-0.15, -0.1) is 0 Å². The van der Waals surface area contributed by atoms with E-state index in [4.69, 9.17) is 28.4 Å². The molecule has 3 saturated heterocycles. The SMILES string of the molecule is CC(C)=C[C@@H]1[C@@H](C)[C@H]2[C@H](C[C@H]3[C@@H]4CC=C5C[C@@H](O[C@@H]6O[C@H](CO)[C@@H](O)[C@H](O)[C@H]6O[C@@H]6O[C@@H](C)[C@H](OC(=O)c7ccc(C)cc7)[C@@H](O)[C@H]6O)CC[C@]5(C)[C@H]4CC[C@]23C=O)O[C@H]1O. The largest absolute Gasteiger partial charge is 0.453 e. The van der Waals surface area contributed by atoms with Crippen LogP contribution < -0.4 is 0 Å². The number of aldehydes is 1. The standard InChI is InChI=1S/C47H66O14/c1-22(2)17-30-24(4)35-33(58-43(30)55)19-32-29-12-11-27-18-28(13-15-46(27,6)31(29)14-16-47(32,35)21-49)57-45-41(37(51)36(50)34(20-48)59-45)61-44-39(53)38(52)40(25(5)56-44)60-42(54)26-9-7-23(3)8-10-26/h7-11,17,21,24-25,28-41,43-45,48,50-53,55H,12-16,18-20H2,1-6H3/t24-,25+,28+,29-,30-,31+,32+,33+,34-,35+,36-,37+,38+,39-,40+,41-,43-,44+,45-,46+,47-/m1/s1. The first-order valence-electron chi connectivity index (χ1n) is 22.4. The second-order valence-corrected chi connectivity index (χ2v) is 19.8. The van der Waals surface area contributed by atoms with Crippen molar-refractivity contribution in [2.45, 2.75) is 166 Å². The quantitative estimate of drug-likeness (QED) is 0.119. The molecule has 1 aromatic rings. The van der Waals surface area contributed by atoms with Crippen molar-refractivity contribution in [1.29, 1.82) is 0 Å². The summed E-state index contributed by atoms with van der Waals surface area (Å²) in [4.78, 5) is 26.3. The molecular formula is C47H66O14. The maximum absolute atomic E-state index is 13.4. The number of aliphatic hydroxyl groups is 6. The molecule has 3 heterocycles. The van der Waals surface area contributed by atoms with Crippen molar-refractivity contribution in [3.05, 3.63) is 58.7 Å². The van der Waals surface area contributed by atoms with Gasteiger partial charge in [-0.05, 0) is 114 Å². The van der Waals surface area contributed by atoms with E-state index in [2.05, 4.69) is 26.0 Å². The van der Waals surface area contributed by atoms with Crippen LogP contribution in [0.25, 0.3) is 0 Å². The number of carbonyl (C=O) groups is 2. The van der Waals surface area contributed by atoms with E-state index in [1.165, 1.54) is 11.9 Å². The van der Waals surface area contributed by atoms with Crippen molar-refractivity contribution in [2.24, 2.45) is 46.3 Å². The highest BCUT2D eigenvalue weighted by Gasteiger charge is 2.66. The Labute approximate surface area is 358 Å². The number of rotatable bonds is 9. The molecule has 3 aliphatic heterocycles. The van der Waals surface area contributed by atoms with Crippen molar-refractivity contribution in [3.63, 3.8) is 0 Å². The van der Waals surface area contributed by atoms with Crippen molar-refractivity contribution in [1.82, 2.24) is 0 Å². The van der Waals surface area contributed by atoms with E-state index in [1.807, 2.05) is 20.8 Å². The number of carbonyl (C=O) groups excluding carboxylic acids is 2. The van der Waals surface area contributed by atoms with Gasteiger partial charge < -0.3 is 63.9 Å². The molecule has 6 N–H and O–H groups in total. The van der Waals surface area contributed by atoms with Gasteiger partial charge in [0.1, 0.15) is 42.9 Å². The first-order chi connectivity index (χ1) is 29.0. The Kier molecular flexibility index (Phi) is 12.8. The Balaban J connectivity index is 0.957. The highest BCUT2D eigenvalue weighted by atomic mass is 16.8. The number of hydrogen-bond acceptors (Lipinski definition) is 14. The van der Waals surface area contributed by atoms with E-state index in [1.54, 1.807) is 31.2 Å². The zero-order chi connectivity index (χ0) is 43.7. The average Bonchev–Trinajstić information content (AvgIpc) is 3.57. The Morgan fingerprint density at radius 1 is 0.885 bits per heavy atom. The van der Waals surface area contributed by atoms with Gasteiger partial charge in [0.2, 0.25) is 0 Å². The van der Waals surface area contributed by atoms with Gasteiger partial charge in [-0.3, -0.25) is 0 Å². The predicted octanol–water partition coefficient (Wildman–Crippen LogP) is 3.50. The Morgan fingerprint density at radius 2 is 1.61 bits per heavy atom. The smallest absolute Gasteiger partial charge is 0.338 e. The van der Waals surface area contributed by atoms with Crippen molar-refractivity contribution in [3.8, 4) is 0 Å². The molecule has 4 aliphatic carbocycles. The van der Waals surface area contributed by atoms with Gasteiger partial charge in [0, 0.05) is 17.3 Å². The van der Waals surface area contributed by atoms with Crippen LogP contribution in [0.1, 0.15) is 95.5 Å². The van der Waals surface area contributed by atoms with Gasteiger partial charge in [-0.25, -0.2) is 4.79 Å². The molecule has 338 valence electrons. The highest BCUT2D eigenvalue weighted by Crippen LogP contribution is 2.68. The number of fused-ring (bicyclic) bond motifs is 7. The van der Waals surface area contributed by atoms with Gasteiger partial charge in [0.15, 0.2) is 25.0 Å². The van der Waals surface area contributed by atoms with Crippen molar-refractivity contribution in [2.75, 3.05) is 6.61 Å². The minimum absolute atomic E-state index is 0.0409. The number of aliphatic hydroxyl groups excluding tert-OH is 6. The number of allylic oxidation sites excluding steroid dienone is 2. The van der Waals surface area contributed by atoms with Crippen molar-refractivity contribution >= 4 is 12.3 Å². The van der Waals surface area contributed by atoms with Crippen LogP contribution in [0.4, 0.5) is 0 Å². The molecule has 7 aliphatic rings. The second-order valence-electron chi connectivity index (χ2n) is 19.8. The lowest BCUT2D eigenvalue weighted by Crippen LogP contribution is -2.64. The highest BCUT2D eigenvalue weighted by molar-refractivity contribution is 5.89. The molecule has 61 heavy (non-hydrogen) atoms. The van der Waals surface area contributed by atoms with Crippen LogP contribution in [0.15, 0.2) is 47.6 Å². The van der Waals surface area contributed by atoms with Gasteiger partial charge in [0.25, 0.3) is 0 Å². The fourth-order valence-electron chi connectivity index (χ4n) is 12.9. The summed E-state index contributed by atoms with van der Waals surface area (Å²) in [5.41, 5.74) is 2.97. The summed E-state index contributed by atoms with van der Waals surface area (Å²) in [5.74, 6) is 0.0553. The third-order valence-electron chi connectivity index (χ3n) is 16.1. The van der Waals surface area contributed by atoms with Gasteiger partial charge in [-0.2, -0.15) is 0 Å². The molecule has 0 spiro atoms. The van der Waals surface area contributed by atoms with Crippen LogP contribution in [0.2, 0.25) is 0 Å². The molecule has 0 unspecified atom stereocenters. The number of hydrogen-bond donors (Lipinski definition) is 6. The maximum Gasteiger partial charge on any atom is 0.338 e. The molecule has 3 saturated carbocycles. The number of ether oxygens (including phenoxy) is 6. The molecule has 8 rings (SSSR count). The van der Waals surface area contributed by atoms with E-state index >= 15 is 0 Å². The maximum atomic E-state index is 13.4. The Hall–Kier alpha value is -2.60. The summed E-state index contributed by atoms with van der Waals surface area (Å²) in [5, 5.41) is 65.8. The van der Waals surface area contributed by atoms with Crippen LogP contribution in [-0.4, -0.2) is 129 Å². The van der Waals surface area contributed by atoms with Crippen molar-refractivity contribution < 1.29 is 68.6 Å². The minimum Gasteiger partial charge on any atom is -0.453 e. The molecule has 0 radical (unpaired) electrons. The molecular weight excluding hydrogens is 789 g/mol. The van der Waals surface area contributed by atoms with Gasteiger partial charge in [0.05, 0.1) is 30.5 Å². The number of esters is 1. The normalized spacial score (nSPS) is 48.1. The summed E-state index contributed by atoms with van der Waals surface area (Å²) >= 11 is 0. The Bertz CT molecular complexity index is 1810. The fourth-order valence-corrected chi connectivity index (χ4v) is 12.9. The van der Waals surface area contributed by atoms with Crippen LogP contribution >= 0.6 is 0 Å². The molecule has 0 aromatic heterocycles. The second kappa shape index (κ2) is 17.4. The molecule has 0 bridgehead atoms. The van der Waals surface area contributed by atoms with Crippen LogP contribution in [0, 0.1) is 53.3 Å². The van der Waals surface area contributed by atoms with Gasteiger partial charge in [-0.1, -0.05) is 54.8 Å². The molecule has 1 aromatic carbocycles. The van der Waals surface area contributed by atoms with Gasteiger partial charge >= 0.3 is 5.97 Å². The van der Waals surface area contributed by atoms with Crippen LogP contribution in [-0.2, 0) is 33.2 Å². The third kappa shape index (κ3) is 7.89. The Morgan fingerprint density at radius 3 is 2.30 bits per heavy atom. The first-order valence-corrected chi connectivity index (χ1v) is 22.4. The summed E-state index contributed by atoms with van der Waals surface area (Å²) in [6.07, 6.45) is -4.60. The van der Waals surface area contributed by atoms with E-state index < -0.39 is 85.7 Å². The van der Waals surface area contributed by atoms with E-state index in [-0.39, 0.29) is 52.8 Å². The number of aryl methyl sites for hydroxylation is 1. The summed E-state index contributed by atoms with van der Waals surface area (Å²) in [6.45, 7) is 11.4. The lowest BCUT2D eigenvalue weighted by Gasteiger charge is -2.58. The fraction of sp³-hybridized carbons (Fsp3) is 0.745. The lowest BCUT2D eigenvalue weighted by molar-refractivity contribution is -0.369. The number of benzene rings is 1.